The third kappa shape index (κ3) is 5.29. The molecule has 0 atom stereocenters. The van der Waals surface area contributed by atoms with Crippen molar-refractivity contribution < 1.29 is 9.59 Å². The molecule has 4 heteroatoms. The van der Waals surface area contributed by atoms with Crippen molar-refractivity contribution in [2.24, 2.45) is 0 Å². The molecule has 32 heavy (non-hydrogen) atoms. The minimum atomic E-state index is -0.161. The summed E-state index contributed by atoms with van der Waals surface area (Å²) in [5.74, 6) is -0.322. The van der Waals surface area contributed by atoms with Crippen LogP contribution in [-0.2, 0) is 0 Å². The first-order chi connectivity index (χ1) is 15.7. The summed E-state index contributed by atoms with van der Waals surface area (Å²) in [7, 11) is 0. The molecule has 4 aromatic rings. The lowest BCUT2D eigenvalue weighted by molar-refractivity contribution is 0.0927. The number of benzene rings is 4. The third-order valence-electron chi connectivity index (χ3n) is 5.20. The number of nitrogens with one attached hydrogen (secondary N) is 2. The zero-order chi connectivity index (χ0) is 22.2. The van der Waals surface area contributed by atoms with Crippen LogP contribution in [0, 0.1) is 0 Å². The molecular formula is C28H24N2O2. The van der Waals surface area contributed by atoms with E-state index in [9.17, 15) is 9.59 Å². The molecule has 0 aliphatic carbocycles. The number of amides is 2. The molecule has 0 aliphatic rings. The number of rotatable bonds is 7. The van der Waals surface area contributed by atoms with Crippen LogP contribution in [0.2, 0.25) is 0 Å². The molecule has 0 spiro atoms. The van der Waals surface area contributed by atoms with E-state index in [4.69, 9.17) is 0 Å². The molecule has 0 aliphatic heterocycles. The Balaban J connectivity index is 1.24. The average Bonchev–Trinajstić information content (AvgIpc) is 2.87. The monoisotopic (exact) mass is 420 g/mol. The fourth-order valence-electron chi connectivity index (χ4n) is 3.45. The van der Waals surface area contributed by atoms with Crippen LogP contribution in [-0.4, -0.2) is 24.9 Å². The number of carbonyl (C=O) groups is 2. The molecule has 0 bridgehead atoms. The van der Waals surface area contributed by atoms with Crippen molar-refractivity contribution in [1.82, 2.24) is 10.6 Å². The van der Waals surface area contributed by atoms with Gasteiger partial charge in [-0.3, -0.25) is 9.59 Å². The Hall–Kier alpha value is -4.18. The summed E-state index contributed by atoms with van der Waals surface area (Å²) < 4.78 is 0. The maximum absolute atomic E-state index is 12.4. The average molecular weight is 421 g/mol. The molecule has 0 heterocycles. The Labute approximate surface area is 187 Å². The Morgan fingerprint density at radius 3 is 1.09 bits per heavy atom. The van der Waals surface area contributed by atoms with E-state index in [1.54, 1.807) is 0 Å². The predicted octanol–water partition coefficient (Wildman–Crippen LogP) is 5.18. The summed E-state index contributed by atoms with van der Waals surface area (Å²) in [6, 6.07) is 35.0. The second-order valence-electron chi connectivity index (χ2n) is 7.40. The number of carbonyl (C=O) groups excluding carboxylic acids is 2. The minimum Gasteiger partial charge on any atom is -0.350 e. The van der Waals surface area contributed by atoms with Gasteiger partial charge < -0.3 is 10.6 Å². The third-order valence-corrected chi connectivity index (χ3v) is 5.20. The smallest absolute Gasteiger partial charge is 0.251 e. The Morgan fingerprint density at radius 2 is 0.750 bits per heavy atom. The maximum atomic E-state index is 12.4. The molecule has 2 N–H and O–H groups in total. The van der Waals surface area contributed by atoms with Crippen molar-refractivity contribution in [3.05, 3.63) is 120 Å². The van der Waals surface area contributed by atoms with E-state index in [-0.39, 0.29) is 11.8 Å². The van der Waals surface area contributed by atoms with Gasteiger partial charge in [-0.25, -0.2) is 0 Å². The van der Waals surface area contributed by atoms with Crippen molar-refractivity contribution in [2.75, 3.05) is 13.1 Å². The van der Waals surface area contributed by atoms with E-state index in [1.807, 2.05) is 109 Å². The lowest BCUT2D eigenvalue weighted by Crippen LogP contribution is -2.34. The van der Waals surface area contributed by atoms with E-state index in [0.29, 0.717) is 24.2 Å². The van der Waals surface area contributed by atoms with E-state index >= 15 is 0 Å². The predicted molar refractivity (Wildman–Crippen MR) is 128 cm³/mol. The van der Waals surface area contributed by atoms with Crippen LogP contribution < -0.4 is 10.6 Å². The quantitative estimate of drug-likeness (QED) is 0.405. The van der Waals surface area contributed by atoms with Gasteiger partial charge in [-0.15, -0.1) is 0 Å². The summed E-state index contributed by atoms with van der Waals surface area (Å²) in [6.45, 7) is 0.709. The highest BCUT2D eigenvalue weighted by atomic mass is 16.2. The molecule has 0 aromatic heterocycles. The lowest BCUT2D eigenvalue weighted by Gasteiger charge is -2.09. The maximum Gasteiger partial charge on any atom is 0.251 e. The van der Waals surface area contributed by atoms with Gasteiger partial charge in [0, 0.05) is 24.2 Å². The van der Waals surface area contributed by atoms with Crippen molar-refractivity contribution in [3.63, 3.8) is 0 Å². The highest BCUT2D eigenvalue weighted by Gasteiger charge is 2.08. The zero-order valence-corrected chi connectivity index (χ0v) is 17.6. The van der Waals surface area contributed by atoms with Crippen molar-refractivity contribution in [1.29, 1.82) is 0 Å². The summed E-state index contributed by atoms with van der Waals surface area (Å²) in [6.07, 6.45) is 0. The van der Waals surface area contributed by atoms with Crippen molar-refractivity contribution in [3.8, 4) is 22.3 Å². The topological polar surface area (TPSA) is 58.2 Å². The van der Waals surface area contributed by atoms with E-state index in [2.05, 4.69) is 10.6 Å². The molecule has 0 radical (unpaired) electrons. The van der Waals surface area contributed by atoms with Gasteiger partial charge in [0.15, 0.2) is 0 Å². The van der Waals surface area contributed by atoms with Gasteiger partial charge in [0.1, 0.15) is 0 Å². The van der Waals surface area contributed by atoms with E-state index < -0.39 is 0 Å². The Kier molecular flexibility index (Phi) is 6.73. The molecule has 0 saturated carbocycles. The molecule has 0 unspecified atom stereocenters. The molecule has 0 fully saturated rings. The van der Waals surface area contributed by atoms with Crippen LogP contribution in [0.5, 0.6) is 0 Å². The lowest BCUT2D eigenvalue weighted by atomic mass is 10.0. The largest absolute Gasteiger partial charge is 0.350 e. The summed E-state index contributed by atoms with van der Waals surface area (Å²) in [4.78, 5) is 24.7. The second-order valence-corrected chi connectivity index (χ2v) is 7.40. The van der Waals surface area contributed by atoms with Crippen LogP contribution in [0.25, 0.3) is 22.3 Å². The van der Waals surface area contributed by atoms with Gasteiger partial charge in [-0.2, -0.15) is 0 Å². The Morgan fingerprint density at radius 1 is 0.438 bits per heavy atom. The van der Waals surface area contributed by atoms with Crippen LogP contribution in [0.15, 0.2) is 109 Å². The van der Waals surface area contributed by atoms with Crippen molar-refractivity contribution in [2.45, 2.75) is 0 Å². The first-order valence-electron chi connectivity index (χ1n) is 10.6. The fraction of sp³-hybridized carbons (Fsp3) is 0.0714. The normalized spacial score (nSPS) is 10.4. The van der Waals surface area contributed by atoms with Crippen LogP contribution >= 0.6 is 0 Å². The standard InChI is InChI=1S/C28H24N2O2/c31-27(25-15-11-23(12-16-25)21-7-3-1-4-8-21)29-19-20-30-28(32)26-17-13-24(14-18-26)22-9-5-2-6-10-22/h1-18H,19-20H2,(H,29,31)(H,30,32). The zero-order valence-electron chi connectivity index (χ0n) is 17.6. The fourth-order valence-corrected chi connectivity index (χ4v) is 3.45. The SMILES string of the molecule is O=C(NCCNC(=O)c1ccc(-c2ccccc2)cc1)c1ccc(-c2ccccc2)cc1. The molecule has 2 amide bonds. The summed E-state index contributed by atoms with van der Waals surface area (Å²) in [5.41, 5.74) is 5.53. The first kappa shape index (κ1) is 21.1. The molecule has 4 rings (SSSR count). The molecule has 0 saturated heterocycles. The van der Waals surface area contributed by atoms with Gasteiger partial charge in [0.05, 0.1) is 0 Å². The number of hydrogen-bond donors (Lipinski definition) is 2. The van der Waals surface area contributed by atoms with Crippen LogP contribution in [0.1, 0.15) is 20.7 Å². The van der Waals surface area contributed by atoms with Gasteiger partial charge in [-0.05, 0) is 46.5 Å². The highest BCUT2D eigenvalue weighted by Crippen LogP contribution is 2.20. The molecule has 158 valence electrons. The van der Waals surface area contributed by atoms with Crippen molar-refractivity contribution >= 4 is 11.8 Å². The van der Waals surface area contributed by atoms with Gasteiger partial charge in [0.2, 0.25) is 0 Å². The van der Waals surface area contributed by atoms with Crippen LogP contribution in [0.3, 0.4) is 0 Å². The summed E-state index contributed by atoms with van der Waals surface area (Å²) in [5, 5.41) is 5.68. The first-order valence-corrected chi connectivity index (χ1v) is 10.6. The summed E-state index contributed by atoms with van der Waals surface area (Å²) >= 11 is 0. The second kappa shape index (κ2) is 10.2. The van der Waals surface area contributed by atoms with E-state index in [1.165, 1.54) is 0 Å². The van der Waals surface area contributed by atoms with Gasteiger partial charge >= 0.3 is 0 Å². The molecule has 4 nitrogen and oxygen atoms in total. The van der Waals surface area contributed by atoms with Crippen LogP contribution in [0.4, 0.5) is 0 Å². The van der Waals surface area contributed by atoms with Gasteiger partial charge in [-0.1, -0.05) is 84.9 Å². The minimum absolute atomic E-state index is 0.161. The molecular weight excluding hydrogens is 396 g/mol. The highest BCUT2D eigenvalue weighted by molar-refractivity contribution is 5.95. The van der Waals surface area contributed by atoms with E-state index in [0.717, 1.165) is 22.3 Å². The Bertz CT molecular complexity index is 1070. The molecule has 4 aromatic carbocycles. The van der Waals surface area contributed by atoms with Gasteiger partial charge in [0.25, 0.3) is 11.8 Å². The number of hydrogen-bond acceptors (Lipinski definition) is 2.